The van der Waals surface area contributed by atoms with E-state index in [0.29, 0.717) is 10.2 Å². The largest absolute Gasteiger partial charge is 0.473 e. The van der Waals surface area contributed by atoms with Gasteiger partial charge in [0.1, 0.15) is 5.75 Å². The SMILES string of the molecule is CN(C)c1cc(=O)cc(OC(=O)C(=O)O)cc1Br. The number of rotatable bonds is 2. The zero-order valence-electron chi connectivity index (χ0n) is 9.64. The highest BCUT2D eigenvalue weighted by molar-refractivity contribution is 9.10. The number of hydrogen-bond donors (Lipinski definition) is 1. The fraction of sp³-hybridized carbons (Fsp3) is 0.182. The molecule has 0 radical (unpaired) electrons. The Morgan fingerprint density at radius 3 is 2.39 bits per heavy atom. The molecule has 96 valence electrons. The predicted molar refractivity (Wildman–Crippen MR) is 68.0 cm³/mol. The molecule has 1 aromatic rings. The molecule has 0 unspecified atom stereocenters. The molecule has 0 saturated heterocycles. The average Bonchev–Trinajstić information content (AvgIpc) is 2.37. The number of hydrogen-bond acceptors (Lipinski definition) is 5. The molecule has 0 aliphatic heterocycles. The molecule has 1 aromatic carbocycles. The number of carbonyl (C=O) groups excluding carboxylic acids is 1. The first-order valence-electron chi connectivity index (χ1n) is 4.78. The molecule has 18 heavy (non-hydrogen) atoms. The van der Waals surface area contributed by atoms with E-state index in [2.05, 4.69) is 20.7 Å². The second-order valence-corrected chi connectivity index (χ2v) is 4.41. The van der Waals surface area contributed by atoms with Crippen molar-refractivity contribution in [1.29, 1.82) is 0 Å². The predicted octanol–water partition coefficient (Wildman–Crippen LogP) is 0.865. The van der Waals surface area contributed by atoms with Crippen LogP contribution in [0.2, 0.25) is 0 Å². The Hall–Kier alpha value is -1.89. The monoisotopic (exact) mass is 315 g/mol. The Labute approximate surface area is 111 Å². The molecule has 0 aromatic heterocycles. The lowest BCUT2D eigenvalue weighted by Crippen LogP contribution is -2.19. The average molecular weight is 316 g/mol. The van der Waals surface area contributed by atoms with Crippen LogP contribution in [0, 0.1) is 0 Å². The second kappa shape index (κ2) is 5.63. The number of ether oxygens (including phenoxy) is 1. The number of esters is 1. The minimum absolute atomic E-state index is 0.132. The number of nitrogens with zero attached hydrogens (tertiary/aromatic N) is 1. The Balaban J connectivity index is 3.26. The van der Waals surface area contributed by atoms with Gasteiger partial charge in [0.05, 0.1) is 5.69 Å². The summed E-state index contributed by atoms with van der Waals surface area (Å²) >= 11 is 3.22. The van der Waals surface area contributed by atoms with Crippen LogP contribution >= 0.6 is 15.9 Å². The van der Waals surface area contributed by atoms with E-state index in [-0.39, 0.29) is 5.75 Å². The van der Waals surface area contributed by atoms with Crippen molar-refractivity contribution < 1.29 is 19.4 Å². The highest BCUT2D eigenvalue weighted by Crippen LogP contribution is 2.25. The van der Waals surface area contributed by atoms with Gasteiger partial charge in [-0.3, -0.25) is 4.79 Å². The van der Waals surface area contributed by atoms with Crippen LogP contribution in [-0.4, -0.2) is 31.1 Å². The molecule has 7 heteroatoms. The van der Waals surface area contributed by atoms with Crippen LogP contribution in [0.4, 0.5) is 5.69 Å². The van der Waals surface area contributed by atoms with Gasteiger partial charge in [-0.2, -0.15) is 0 Å². The van der Waals surface area contributed by atoms with Gasteiger partial charge < -0.3 is 14.7 Å². The highest BCUT2D eigenvalue weighted by atomic mass is 79.9. The summed E-state index contributed by atoms with van der Waals surface area (Å²) in [5.41, 5.74) is 0.176. The smallest absolute Gasteiger partial charge is 0.422 e. The third-order valence-corrected chi connectivity index (χ3v) is 2.58. The summed E-state index contributed by atoms with van der Waals surface area (Å²) in [4.78, 5) is 34.5. The van der Waals surface area contributed by atoms with E-state index in [4.69, 9.17) is 5.11 Å². The van der Waals surface area contributed by atoms with Gasteiger partial charge in [-0.05, 0) is 22.0 Å². The van der Waals surface area contributed by atoms with Gasteiger partial charge >= 0.3 is 11.9 Å². The Kier molecular flexibility index (Phi) is 4.43. The molecule has 0 bridgehead atoms. The summed E-state index contributed by atoms with van der Waals surface area (Å²) in [5, 5.41) is 8.41. The molecule has 0 heterocycles. The third kappa shape index (κ3) is 3.56. The number of carbonyl (C=O) groups is 2. The molecule has 0 aliphatic carbocycles. The standard InChI is InChI=1S/C11H10BrNO5/c1-13(2)9-4-6(14)3-7(5-8(9)12)18-11(17)10(15)16/h3-5H,1-2H3,(H,15,16). The second-order valence-electron chi connectivity index (χ2n) is 3.56. The molecule has 0 fully saturated rings. The van der Waals surface area contributed by atoms with Crippen LogP contribution in [0.1, 0.15) is 0 Å². The summed E-state index contributed by atoms with van der Waals surface area (Å²) in [6.07, 6.45) is 0. The van der Waals surface area contributed by atoms with Crippen molar-refractivity contribution in [2.45, 2.75) is 0 Å². The van der Waals surface area contributed by atoms with E-state index in [9.17, 15) is 14.4 Å². The van der Waals surface area contributed by atoms with Gasteiger partial charge in [-0.1, -0.05) is 0 Å². The first kappa shape index (κ1) is 14.2. The topological polar surface area (TPSA) is 83.9 Å². The Morgan fingerprint density at radius 2 is 1.89 bits per heavy atom. The summed E-state index contributed by atoms with van der Waals surface area (Å²) in [6.45, 7) is 0. The van der Waals surface area contributed by atoms with E-state index in [1.165, 1.54) is 12.1 Å². The molecule has 1 N–H and O–H groups in total. The van der Waals surface area contributed by atoms with Crippen LogP contribution in [0.25, 0.3) is 0 Å². The van der Waals surface area contributed by atoms with Gasteiger partial charge in [-0.25, -0.2) is 9.59 Å². The molecule has 0 spiro atoms. The van der Waals surface area contributed by atoms with Crippen molar-refractivity contribution >= 4 is 33.6 Å². The van der Waals surface area contributed by atoms with Crippen LogP contribution in [0.5, 0.6) is 5.75 Å². The lowest BCUT2D eigenvalue weighted by atomic mass is 10.4. The molecular formula is C11H10BrNO5. The molecule has 0 atom stereocenters. The molecule has 6 nitrogen and oxygen atoms in total. The van der Waals surface area contributed by atoms with Gasteiger partial charge in [0, 0.05) is 30.7 Å². The van der Waals surface area contributed by atoms with E-state index in [1.807, 2.05) is 0 Å². The van der Waals surface area contributed by atoms with E-state index >= 15 is 0 Å². The lowest BCUT2D eigenvalue weighted by molar-refractivity contribution is -0.158. The third-order valence-electron chi connectivity index (χ3n) is 1.94. The first-order chi connectivity index (χ1) is 8.31. The first-order valence-corrected chi connectivity index (χ1v) is 5.58. The zero-order chi connectivity index (χ0) is 13.9. The fourth-order valence-corrected chi connectivity index (χ4v) is 1.87. The van der Waals surface area contributed by atoms with Crippen molar-refractivity contribution in [2.24, 2.45) is 0 Å². The summed E-state index contributed by atoms with van der Waals surface area (Å²) in [5.74, 6) is -3.30. The Bertz CT molecular complexity index is 556. The molecule has 0 amide bonds. The van der Waals surface area contributed by atoms with Crippen LogP contribution in [0.15, 0.2) is 27.5 Å². The van der Waals surface area contributed by atoms with Crippen LogP contribution < -0.4 is 15.1 Å². The molecule has 0 saturated carbocycles. The van der Waals surface area contributed by atoms with Gasteiger partial charge in [-0.15, -0.1) is 0 Å². The van der Waals surface area contributed by atoms with Crippen molar-refractivity contribution in [3.63, 3.8) is 0 Å². The molecular weight excluding hydrogens is 306 g/mol. The minimum Gasteiger partial charge on any atom is -0.473 e. The van der Waals surface area contributed by atoms with Crippen molar-refractivity contribution in [3.05, 3.63) is 32.9 Å². The van der Waals surface area contributed by atoms with Gasteiger partial charge in [0.15, 0.2) is 5.43 Å². The number of aliphatic carboxylic acids is 1. The minimum atomic E-state index is -1.72. The molecule has 1 rings (SSSR count). The maximum atomic E-state index is 11.5. The maximum absolute atomic E-state index is 11.5. The molecule has 0 aliphatic rings. The zero-order valence-corrected chi connectivity index (χ0v) is 11.2. The summed E-state index contributed by atoms with van der Waals surface area (Å²) in [6, 6.07) is 3.73. The normalized spacial score (nSPS) is 9.72. The van der Waals surface area contributed by atoms with Gasteiger partial charge in [0.2, 0.25) is 0 Å². The Morgan fingerprint density at radius 1 is 1.28 bits per heavy atom. The van der Waals surface area contributed by atoms with E-state index in [1.54, 1.807) is 19.0 Å². The number of halogens is 1. The summed E-state index contributed by atoms with van der Waals surface area (Å²) in [7, 11) is 3.48. The van der Waals surface area contributed by atoms with Crippen LogP contribution in [0.3, 0.4) is 0 Å². The maximum Gasteiger partial charge on any atom is 0.422 e. The van der Waals surface area contributed by atoms with Crippen molar-refractivity contribution in [1.82, 2.24) is 0 Å². The number of carboxylic acid groups (broad SMARTS) is 1. The van der Waals surface area contributed by atoms with E-state index in [0.717, 1.165) is 6.07 Å². The van der Waals surface area contributed by atoms with Gasteiger partial charge in [0.25, 0.3) is 0 Å². The lowest BCUT2D eigenvalue weighted by Gasteiger charge is -2.11. The van der Waals surface area contributed by atoms with E-state index < -0.39 is 17.4 Å². The summed E-state index contributed by atoms with van der Waals surface area (Å²) < 4.78 is 5.05. The number of carboxylic acids is 1. The highest BCUT2D eigenvalue weighted by Gasteiger charge is 2.15. The van der Waals surface area contributed by atoms with Crippen molar-refractivity contribution in [2.75, 3.05) is 19.0 Å². The van der Waals surface area contributed by atoms with Crippen molar-refractivity contribution in [3.8, 4) is 5.75 Å². The quantitative estimate of drug-likeness (QED) is 0.644. The number of anilines is 1. The fourth-order valence-electron chi connectivity index (χ4n) is 1.18. The van der Waals surface area contributed by atoms with Crippen LogP contribution in [-0.2, 0) is 9.59 Å².